The van der Waals surface area contributed by atoms with Crippen LogP contribution in [-0.4, -0.2) is 67.1 Å². The smallest absolute Gasteiger partial charge is 0.322 e. The molecule has 0 aromatic rings. The molecular weight excluding hydrogens is 322 g/mol. The molecule has 22 heavy (non-hydrogen) atoms. The summed E-state index contributed by atoms with van der Waals surface area (Å²) in [4.78, 5) is 44.0. The number of nitrogens with one attached hydrogen (secondary N) is 2. The van der Waals surface area contributed by atoms with Crippen molar-refractivity contribution in [3.63, 3.8) is 0 Å². The van der Waals surface area contributed by atoms with Crippen LogP contribution in [0.3, 0.4) is 0 Å². The van der Waals surface area contributed by atoms with Crippen LogP contribution in [0.15, 0.2) is 0 Å². The highest BCUT2D eigenvalue weighted by molar-refractivity contribution is 7.79. The number of aliphatic carboxylic acids is 2. The van der Waals surface area contributed by atoms with Gasteiger partial charge in [-0.15, -0.1) is 0 Å². The summed E-state index contributed by atoms with van der Waals surface area (Å²) in [6.45, 7) is -0.715. The van der Waals surface area contributed by atoms with Gasteiger partial charge in [-0.1, -0.05) is 0 Å². The lowest BCUT2D eigenvalue weighted by Crippen LogP contribution is -2.50. The van der Waals surface area contributed by atoms with E-state index in [-0.39, 0.29) is 12.8 Å². The number of amides is 2. The highest BCUT2D eigenvalue weighted by atomic mass is 32.2. The van der Waals surface area contributed by atoms with Crippen LogP contribution in [0.2, 0.25) is 0 Å². The van der Waals surface area contributed by atoms with Gasteiger partial charge < -0.3 is 31.1 Å². The Bertz CT molecular complexity index is 469. The Labute approximate surface area is 127 Å². The van der Waals surface area contributed by atoms with Gasteiger partial charge in [0.2, 0.25) is 11.8 Å². The SMILES string of the molecule is N[C@@H](CCC(=O)N[C@@H](CS(=O)O)C(=O)NCC(=O)O)C(=O)O. The number of nitrogens with two attached hydrogens (primary N) is 1. The van der Waals surface area contributed by atoms with Crippen molar-refractivity contribution in [2.75, 3.05) is 12.3 Å². The Morgan fingerprint density at radius 2 is 1.77 bits per heavy atom. The van der Waals surface area contributed by atoms with E-state index in [1.807, 2.05) is 5.32 Å². The molecule has 126 valence electrons. The molecule has 1 unspecified atom stereocenters. The second-order valence-corrected chi connectivity index (χ2v) is 5.18. The van der Waals surface area contributed by atoms with Crippen LogP contribution in [0, 0.1) is 0 Å². The Morgan fingerprint density at radius 1 is 1.18 bits per heavy atom. The Morgan fingerprint density at radius 3 is 2.23 bits per heavy atom. The van der Waals surface area contributed by atoms with Crippen molar-refractivity contribution in [1.29, 1.82) is 0 Å². The summed E-state index contributed by atoms with van der Waals surface area (Å²) in [5, 5.41) is 21.1. The summed E-state index contributed by atoms with van der Waals surface area (Å²) in [5.74, 6) is -4.95. The number of hydrogen-bond acceptors (Lipinski definition) is 6. The number of hydrogen-bond donors (Lipinski definition) is 6. The van der Waals surface area contributed by atoms with Gasteiger partial charge in [-0.05, 0) is 6.42 Å². The van der Waals surface area contributed by atoms with Crippen molar-refractivity contribution in [3.8, 4) is 0 Å². The van der Waals surface area contributed by atoms with Crippen LogP contribution in [0.25, 0.3) is 0 Å². The highest BCUT2D eigenvalue weighted by Crippen LogP contribution is 1.97. The van der Waals surface area contributed by atoms with Crippen molar-refractivity contribution >= 4 is 34.8 Å². The van der Waals surface area contributed by atoms with Crippen LogP contribution in [-0.2, 0) is 30.3 Å². The minimum absolute atomic E-state index is 0.188. The molecule has 0 aliphatic heterocycles. The molecule has 0 saturated heterocycles. The summed E-state index contributed by atoms with van der Waals surface area (Å²) in [7, 11) is 0. The zero-order valence-corrected chi connectivity index (χ0v) is 12.2. The molecule has 0 aromatic carbocycles. The molecule has 12 heteroatoms. The molecule has 0 saturated carbocycles. The lowest BCUT2D eigenvalue weighted by molar-refractivity contribution is -0.139. The van der Waals surface area contributed by atoms with Crippen LogP contribution >= 0.6 is 0 Å². The average molecular weight is 339 g/mol. The monoisotopic (exact) mass is 339 g/mol. The van der Waals surface area contributed by atoms with E-state index < -0.39 is 59.2 Å². The number of carboxylic acids is 2. The summed E-state index contributed by atoms with van der Waals surface area (Å²) >= 11 is -2.41. The second kappa shape index (κ2) is 9.81. The molecule has 2 amide bonds. The van der Waals surface area contributed by atoms with Gasteiger partial charge in [0.05, 0.1) is 5.75 Å². The summed E-state index contributed by atoms with van der Waals surface area (Å²) < 4.78 is 19.5. The molecule has 0 aliphatic rings. The molecule has 0 rings (SSSR count). The van der Waals surface area contributed by atoms with Crippen LogP contribution in [0.4, 0.5) is 0 Å². The van der Waals surface area contributed by atoms with E-state index in [1.165, 1.54) is 0 Å². The normalized spacial score (nSPS) is 14.5. The van der Waals surface area contributed by atoms with Gasteiger partial charge in [-0.25, -0.2) is 4.21 Å². The number of carbonyl (C=O) groups is 4. The van der Waals surface area contributed by atoms with Crippen molar-refractivity contribution in [1.82, 2.24) is 10.6 Å². The largest absolute Gasteiger partial charge is 0.480 e. The van der Waals surface area contributed by atoms with Gasteiger partial charge >= 0.3 is 11.9 Å². The Kier molecular flexibility index (Phi) is 8.89. The maximum absolute atomic E-state index is 11.6. The van der Waals surface area contributed by atoms with E-state index in [4.69, 9.17) is 20.5 Å². The first-order valence-electron chi connectivity index (χ1n) is 5.98. The van der Waals surface area contributed by atoms with Gasteiger partial charge in [0.1, 0.15) is 18.6 Å². The average Bonchev–Trinajstić information content (AvgIpc) is 2.40. The third-order valence-corrected chi connectivity index (χ3v) is 2.99. The quantitative estimate of drug-likeness (QED) is 0.226. The van der Waals surface area contributed by atoms with E-state index in [9.17, 15) is 23.4 Å². The topological polar surface area (TPSA) is 196 Å². The van der Waals surface area contributed by atoms with E-state index in [2.05, 4.69) is 5.32 Å². The maximum atomic E-state index is 11.6. The first-order chi connectivity index (χ1) is 10.1. The minimum Gasteiger partial charge on any atom is -0.480 e. The highest BCUT2D eigenvalue weighted by Gasteiger charge is 2.24. The van der Waals surface area contributed by atoms with Gasteiger partial charge in [0.25, 0.3) is 0 Å². The fourth-order valence-corrected chi connectivity index (χ4v) is 1.81. The molecule has 0 fully saturated rings. The molecule has 0 spiro atoms. The third-order valence-electron chi connectivity index (χ3n) is 2.37. The third kappa shape index (κ3) is 8.99. The summed E-state index contributed by atoms with van der Waals surface area (Å²) in [6.07, 6.45) is -0.499. The number of carbonyl (C=O) groups excluding carboxylic acids is 2. The molecule has 11 nitrogen and oxygen atoms in total. The predicted octanol–water partition coefficient (Wildman–Crippen LogP) is -2.91. The molecule has 0 heterocycles. The van der Waals surface area contributed by atoms with Gasteiger partial charge in [0, 0.05) is 6.42 Å². The summed E-state index contributed by atoms with van der Waals surface area (Å²) in [6, 6.07) is -2.67. The fourth-order valence-electron chi connectivity index (χ4n) is 1.29. The van der Waals surface area contributed by atoms with Crippen molar-refractivity contribution < 1.29 is 38.2 Å². The van der Waals surface area contributed by atoms with E-state index in [1.54, 1.807) is 0 Å². The molecular formula is C10H17N3O8S. The van der Waals surface area contributed by atoms with Crippen LogP contribution in [0.5, 0.6) is 0 Å². The van der Waals surface area contributed by atoms with Gasteiger partial charge in [-0.2, -0.15) is 0 Å². The van der Waals surface area contributed by atoms with Crippen LogP contribution < -0.4 is 16.4 Å². The van der Waals surface area contributed by atoms with E-state index in [0.717, 1.165) is 0 Å². The van der Waals surface area contributed by atoms with Crippen molar-refractivity contribution in [2.24, 2.45) is 5.73 Å². The molecule has 0 aromatic heterocycles. The second-order valence-electron chi connectivity index (χ2n) is 4.20. The zero-order valence-electron chi connectivity index (χ0n) is 11.4. The molecule has 0 aliphatic carbocycles. The van der Waals surface area contributed by atoms with Crippen molar-refractivity contribution in [2.45, 2.75) is 24.9 Å². The molecule has 0 bridgehead atoms. The molecule has 3 atom stereocenters. The standard InChI is InChI=1S/C10H17N3O8S/c11-5(10(18)19)1-2-7(14)13-6(4-22(20)21)9(17)12-3-8(15)16/h5-6H,1-4,11H2,(H,12,17)(H,13,14)(H,15,16)(H,18,19)(H,20,21)/t5-,6-/m0/s1. The zero-order chi connectivity index (χ0) is 17.3. The Balaban J connectivity index is 4.53. The van der Waals surface area contributed by atoms with E-state index >= 15 is 0 Å². The van der Waals surface area contributed by atoms with Crippen LogP contribution in [0.1, 0.15) is 12.8 Å². The summed E-state index contributed by atoms with van der Waals surface area (Å²) in [5.41, 5.74) is 5.20. The van der Waals surface area contributed by atoms with E-state index in [0.29, 0.717) is 0 Å². The Hall–Kier alpha value is -2.05. The van der Waals surface area contributed by atoms with Gasteiger partial charge in [0.15, 0.2) is 11.1 Å². The molecule has 0 radical (unpaired) electrons. The minimum atomic E-state index is -2.41. The lowest BCUT2D eigenvalue weighted by Gasteiger charge is -2.16. The fraction of sp³-hybridized carbons (Fsp3) is 0.600. The first-order valence-corrected chi connectivity index (χ1v) is 7.25. The number of carboxylic acid groups (broad SMARTS) is 2. The maximum Gasteiger partial charge on any atom is 0.322 e. The first kappa shape index (κ1) is 19.9. The number of rotatable bonds is 10. The predicted molar refractivity (Wildman–Crippen MR) is 73.1 cm³/mol. The molecule has 7 N–H and O–H groups in total. The van der Waals surface area contributed by atoms with Crippen molar-refractivity contribution in [3.05, 3.63) is 0 Å². The van der Waals surface area contributed by atoms with Gasteiger partial charge in [-0.3, -0.25) is 19.2 Å². The lowest BCUT2D eigenvalue weighted by atomic mass is 10.1.